The zero-order valence-corrected chi connectivity index (χ0v) is 12.4. The van der Waals surface area contributed by atoms with Crippen molar-refractivity contribution in [1.29, 1.82) is 0 Å². The van der Waals surface area contributed by atoms with E-state index in [-0.39, 0.29) is 0 Å². The zero-order chi connectivity index (χ0) is 13.5. The molecule has 0 bridgehead atoms. The van der Waals surface area contributed by atoms with Crippen LogP contribution in [0.5, 0.6) is 5.75 Å². The van der Waals surface area contributed by atoms with Crippen molar-refractivity contribution in [2.75, 3.05) is 13.1 Å². The lowest BCUT2D eigenvalue weighted by Crippen LogP contribution is -2.19. The number of ether oxygens (including phenoxy) is 1. The minimum absolute atomic E-state index is 0.308. The molecule has 0 heterocycles. The van der Waals surface area contributed by atoms with Crippen molar-refractivity contribution in [3.05, 3.63) is 29.3 Å². The van der Waals surface area contributed by atoms with Crippen LogP contribution < -0.4 is 10.1 Å². The Morgan fingerprint density at radius 3 is 2.89 bits per heavy atom. The fraction of sp³-hybridized carbons (Fsp3) is 0.647. The molecular formula is C17H27NO. The van der Waals surface area contributed by atoms with E-state index in [9.17, 15) is 0 Å². The first-order chi connectivity index (χ1) is 9.29. The molecule has 1 atom stereocenters. The van der Waals surface area contributed by atoms with Crippen LogP contribution in [0.4, 0.5) is 0 Å². The van der Waals surface area contributed by atoms with Crippen molar-refractivity contribution < 1.29 is 4.74 Å². The predicted molar refractivity (Wildman–Crippen MR) is 81.0 cm³/mol. The smallest absolute Gasteiger partial charge is 0.119 e. The highest BCUT2D eigenvalue weighted by Crippen LogP contribution is 2.26. The van der Waals surface area contributed by atoms with Crippen LogP contribution in [-0.4, -0.2) is 19.2 Å². The first kappa shape index (κ1) is 14.4. The summed E-state index contributed by atoms with van der Waals surface area (Å²) in [4.78, 5) is 0. The van der Waals surface area contributed by atoms with Gasteiger partial charge in [-0.05, 0) is 81.8 Å². The van der Waals surface area contributed by atoms with E-state index in [0.717, 1.165) is 25.3 Å². The molecule has 1 aliphatic carbocycles. The van der Waals surface area contributed by atoms with Crippen molar-refractivity contribution in [2.45, 2.75) is 58.5 Å². The average molecular weight is 261 g/mol. The van der Waals surface area contributed by atoms with Crippen LogP contribution in [0.1, 0.15) is 50.7 Å². The van der Waals surface area contributed by atoms with Crippen LogP contribution in [0.15, 0.2) is 18.2 Å². The second kappa shape index (κ2) is 7.54. The maximum Gasteiger partial charge on any atom is 0.119 e. The van der Waals surface area contributed by atoms with E-state index in [2.05, 4.69) is 37.4 Å². The standard InChI is InChI=1S/C17H27NO/c1-3-11-18-12-5-6-14(2)19-17-10-9-15-7-4-8-16(15)13-17/h9-10,13-14,18H,3-8,11-12H2,1-2H3. The molecule has 1 aliphatic rings. The molecule has 1 unspecified atom stereocenters. The van der Waals surface area contributed by atoms with Gasteiger partial charge in [0.2, 0.25) is 0 Å². The van der Waals surface area contributed by atoms with Crippen LogP contribution in [0, 0.1) is 0 Å². The zero-order valence-electron chi connectivity index (χ0n) is 12.4. The summed E-state index contributed by atoms with van der Waals surface area (Å²) in [6.07, 6.45) is 7.59. The van der Waals surface area contributed by atoms with Gasteiger partial charge in [-0.25, -0.2) is 0 Å². The lowest BCUT2D eigenvalue weighted by molar-refractivity contribution is 0.207. The summed E-state index contributed by atoms with van der Waals surface area (Å²) in [5, 5.41) is 3.43. The highest BCUT2D eigenvalue weighted by molar-refractivity contribution is 5.38. The van der Waals surface area contributed by atoms with Gasteiger partial charge in [0.05, 0.1) is 6.10 Å². The third-order valence-corrected chi connectivity index (χ3v) is 3.80. The first-order valence-electron chi connectivity index (χ1n) is 7.78. The van der Waals surface area contributed by atoms with Crippen molar-refractivity contribution in [2.24, 2.45) is 0 Å². The van der Waals surface area contributed by atoms with Gasteiger partial charge in [-0.2, -0.15) is 0 Å². The van der Waals surface area contributed by atoms with Gasteiger partial charge in [0.25, 0.3) is 0 Å². The second-order valence-corrected chi connectivity index (χ2v) is 5.60. The maximum atomic E-state index is 6.02. The fourth-order valence-corrected chi connectivity index (χ4v) is 2.73. The quantitative estimate of drug-likeness (QED) is 0.720. The molecule has 2 nitrogen and oxygen atoms in total. The number of aryl methyl sites for hydroxylation is 2. The van der Waals surface area contributed by atoms with Gasteiger partial charge in [0.1, 0.15) is 5.75 Å². The number of fused-ring (bicyclic) bond motifs is 1. The number of rotatable bonds is 8. The minimum Gasteiger partial charge on any atom is -0.491 e. The summed E-state index contributed by atoms with van der Waals surface area (Å²) in [7, 11) is 0. The SMILES string of the molecule is CCCNCCCC(C)Oc1ccc2c(c1)CCC2. The number of benzene rings is 1. The molecule has 0 saturated carbocycles. The van der Waals surface area contributed by atoms with E-state index in [1.165, 1.54) is 43.2 Å². The Bertz CT molecular complexity index is 389. The Morgan fingerprint density at radius 1 is 1.21 bits per heavy atom. The van der Waals surface area contributed by atoms with Crippen LogP contribution in [0.25, 0.3) is 0 Å². The van der Waals surface area contributed by atoms with Crippen molar-refractivity contribution in [3.63, 3.8) is 0 Å². The second-order valence-electron chi connectivity index (χ2n) is 5.60. The summed E-state index contributed by atoms with van der Waals surface area (Å²) in [6, 6.07) is 6.62. The van der Waals surface area contributed by atoms with E-state index >= 15 is 0 Å². The monoisotopic (exact) mass is 261 g/mol. The Hall–Kier alpha value is -1.02. The van der Waals surface area contributed by atoms with Gasteiger partial charge in [0, 0.05) is 0 Å². The molecule has 1 N–H and O–H groups in total. The van der Waals surface area contributed by atoms with Crippen LogP contribution >= 0.6 is 0 Å². The molecule has 2 rings (SSSR count). The predicted octanol–water partition coefficient (Wildman–Crippen LogP) is 3.72. The van der Waals surface area contributed by atoms with Gasteiger partial charge in [-0.3, -0.25) is 0 Å². The van der Waals surface area contributed by atoms with Crippen LogP contribution in [-0.2, 0) is 12.8 Å². The van der Waals surface area contributed by atoms with Gasteiger partial charge in [-0.1, -0.05) is 13.0 Å². The van der Waals surface area contributed by atoms with Gasteiger partial charge < -0.3 is 10.1 Å². The highest BCUT2D eigenvalue weighted by Gasteiger charge is 2.12. The molecule has 0 aromatic heterocycles. The Morgan fingerprint density at radius 2 is 2.05 bits per heavy atom. The van der Waals surface area contributed by atoms with Crippen molar-refractivity contribution >= 4 is 0 Å². The summed E-state index contributed by atoms with van der Waals surface area (Å²) >= 11 is 0. The van der Waals surface area contributed by atoms with Crippen molar-refractivity contribution in [1.82, 2.24) is 5.32 Å². The molecule has 106 valence electrons. The summed E-state index contributed by atoms with van der Waals surface area (Å²) in [6.45, 7) is 6.60. The van der Waals surface area contributed by atoms with Gasteiger partial charge in [-0.15, -0.1) is 0 Å². The summed E-state index contributed by atoms with van der Waals surface area (Å²) < 4.78 is 6.02. The van der Waals surface area contributed by atoms with Crippen molar-refractivity contribution in [3.8, 4) is 5.75 Å². The average Bonchev–Trinajstić information content (AvgIpc) is 2.86. The van der Waals surface area contributed by atoms with Gasteiger partial charge in [0.15, 0.2) is 0 Å². The molecule has 1 aromatic rings. The topological polar surface area (TPSA) is 21.3 Å². The van der Waals surface area contributed by atoms with E-state index < -0.39 is 0 Å². The molecule has 0 spiro atoms. The van der Waals surface area contributed by atoms with E-state index in [4.69, 9.17) is 4.74 Å². The van der Waals surface area contributed by atoms with E-state index in [1.807, 2.05) is 0 Å². The Kier molecular flexibility index (Phi) is 5.71. The Labute approximate surface area is 117 Å². The summed E-state index contributed by atoms with van der Waals surface area (Å²) in [5.41, 5.74) is 3.01. The Balaban J connectivity index is 1.71. The maximum absolute atomic E-state index is 6.02. The minimum atomic E-state index is 0.308. The fourth-order valence-electron chi connectivity index (χ4n) is 2.73. The molecule has 0 aliphatic heterocycles. The van der Waals surface area contributed by atoms with Gasteiger partial charge >= 0.3 is 0 Å². The highest BCUT2D eigenvalue weighted by atomic mass is 16.5. The molecule has 19 heavy (non-hydrogen) atoms. The molecule has 1 aromatic carbocycles. The number of nitrogens with one attached hydrogen (secondary N) is 1. The number of hydrogen-bond acceptors (Lipinski definition) is 2. The number of hydrogen-bond donors (Lipinski definition) is 1. The molecular weight excluding hydrogens is 234 g/mol. The third-order valence-electron chi connectivity index (χ3n) is 3.80. The van der Waals surface area contributed by atoms with Crippen LogP contribution in [0.2, 0.25) is 0 Å². The molecule has 0 radical (unpaired) electrons. The van der Waals surface area contributed by atoms with Crippen LogP contribution in [0.3, 0.4) is 0 Å². The largest absolute Gasteiger partial charge is 0.491 e. The molecule has 0 fully saturated rings. The van der Waals surface area contributed by atoms with E-state index in [0.29, 0.717) is 6.10 Å². The lowest BCUT2D eigenvalue weighted by atomic mass is 10.1. The first-order valence-corrected chi connectivity index (χ1v) is 7.78. The lowest BCUT2D eigenvalue weighted by Gasteiger charge is -2.15. The van der Waals surface area contributed by atoms with E-state index in [1.54, 1.807) is 0 Å². The molecule has 0 amide bonds. The normalized spacial score (nSPS) is 15.3. The summed E-state index contributed by atoms with van der Waals surface area (Å²) in [5.74, 6) is 1.05. The molecule has 0 saturated heterocycles. The molecule has 2 heteroatoms. The third kappa shape index (κ3) is 4.54.